The molecule has 0 saturated heterocycles. The van der Waals surface area contributed by atoms with Crippen LogP contribution in [-0.4, -0.2) is 20.7 Å². The van der Waals surface area contributed by atoms with E-state index in [0.29, 0.717) is 40.1 Å². The average Bonchev–Trinajstić information content (AvgIpc) is 3.01. The van der Waals surface area contributed by atoms with Crippen molar-refractivity contribution in [1.29, 1.82) is 5.26 Å². The molecule has 0 bridgehead atoms. The van der Waals surface area contributed by atoms with E-state index in [1.807, 2.05) is 32.0 Å². The molecule has 154 valence electrons. The molecule has 6 nitrogen and oxygen atoms in total. The third-order valence-corrected chi connectivity index (χ3v) is 5.28. The second-order valence-electron chi connectivity index (χ2n) is 7.36. The number of benzene rings is 2. The van der Waals surface area contributed by atoms with E-state index in [1.165, 1.54) is 12.1 Å². The summed E-state index contributed by atoms with van der Waals surface area (Å²) in [6, 6.07) is 15.6. The first-order valence-corrected chi connectivity index (χ1v) is 9.78. The fourth-order valence-electron chi connectivity index (χ4n) is 3.68. The van der Waals surface area contributed by atoms with Crippen molar-refractivity contribution in [3.63, 3.8) is 0 Å². The van der Waals surface area contributed by atoms with Gasteiger partial charge in [0.25, 0.3) is 5.91 Å². The molecule has 0 aliphatic heterocycles. The monoisotopic (exact) mass is 413 g/mol. The minimum atomic E-state index is -0.384. The van der Waals surface area contributed by atoms with Gasteiger partial charge in [-0.05, 0) is 44.5 Å². The van der Waals surface area contributed by atoms with Crippen LogP contribution >= 0.6 is 0 Å². The summed E-state index contributed by atoms with van der Waals surface area (Å²) in [5.74, 6) is -0.677. The molecule has 1 N–H and O–H groups in total. The Morgan fingerprint density at radius 3 is 2.52 bits per heavy atom. The highest BCUT2D eigenvalue weighted by atomic mass is 19.1. The summed E-state index contributed by atoms with van der Waals surface area (Å²) in [6.07, 6.45) is 0. The number of aryl methyl sites for hydroxylation is 2. The molecule has 0 saturated carbocycles. The Kier molecular flexibility index (Phi) is 5.22. The van der Waals surface area contributed by atoms with Gasteiger partial charge in [-0.15, -0.1) is 0 Å². The molecule has 2 aromatic carbocycles. The number of halogens is 1. The molecule has 2 aromatic heterocycles. The molecule has 0 aliphatic carbocycles. The van der Waals surface area contributed by atoms with Gasteiger partial charge in [-0.1, -0.05) is 30.3 Å². The zero-order valence-electron chi connectivity index (χ0n) is 17.4. The quantitative estimate of drug-likeness (QED) is 0.527. The van der Waals surface area contributed by atoms with Crippen molar-refractivity contribution in [2.75, 3.05) is 5.32 Å². The highest BCUT2D eigenvalue weighted by Crippen LogP contribution is 2.26. The zero-order chi connectivity index (χ0) is 22.1. The van der Waals surface area contributed by atoms with Gasteiger partial charge in [-0.2, -0.15) is 10.4 Å². The number of fused-ring (bicyclic) bond motifs is 1. The van der Waals surface area contributed by atoms with Gasteiger partial charge in [0.1, 0.15) is 11.9 Å². The minimum Gasteiger partial charge on any atom is -0.319 e. The third kappa shape index (κ3) is 3.76. The number of rotatable bonds is 4. The third-order valence-electron chi connectivity index (χ3n) is 5.28. The zero-order valence-corrected chi connectivity index (χ0v) is 17.4. The predicted molar refractivity (Wildman–Crippen MR) is 116 cm³/mol. The average molecular weight is 413 g/mol. The van der Waals surface area contributed by atoms with Gasteiger partial charge < -0.3 is 5.32 Å². The molecule has 0 aliphatic rings. The number of amides is 1. The number of para-hydroxylation sites is 1. The van der Waals surface area contributed by atoms with Crippen LogP contribution in [0.1, 0.15) is 38.6 Å². The number of hydrogen-bond acceptors (Lipinski definition) is 4. The molecule has 0 fully saturated rings. The van der Waals surface area contributed by atoms with Crippen LogP contribution in [0.4, 0.5) is 10.1 Å². The molecule has 4 rings (SSSR count). The van der Waals surface area contributed by atoms with E-state index in [-0.39, 0.29) is 17.3 Å². The summed E-state index contributed by atoms with van der Waals surface area (Å²) in [5, 5.41) is 17.7. The van der Waals surface area contributed by atoms with Crippen molar-refractivity contribution in [2.45, 2.75) is 27.3 Å². The van der Waals surface area contributed by atoms with Gasteiger partial charge in [0, 0.05) is 5.39 Å². The van der Waals surface area contributed by atoms with E-state index < -0.39 is 0 Å². The van der Waals surface area contributed by atoms with E-state index in [4.69, 9.17) is 0 Å². The molecule has 4 aromatic rings. The van der Waals surface area contributed by atoms with Gasteiger partial charge in [0.2, 0.25) is 0 Å². The van der Waals surface area contributed by atoms with Crippen molar-refractivity contribution >= 4 is 22.5 Å². The Labute approximate surface area is 179 Å². The van der Waals surface area contributed by atoms with Crippen molar-refractivity contribution in [1.82, 2.24) is 14.8 Å². The molecule has 7 heteroatoms. The number of nitrogens with zero attached hydrogens (tertiary/aromatic N) is 4. The summed E-state index contributed by atoms with van der Waals surface area (Å²) in [6.45, 7) is 5.84. The number of aromatic nitrogens is 3. The van der Waals surface area contributed by atoms with Crippen molar-refractivity contribution in [3.05, 3.63) is 88.1 Å². The first-order chi connectivity index (χ1) is 14.9. The van der Waals surface area contributed by atoms with Gasteiger partial charge >= 0.3 is 0 Å². The summed E-state index contributed by atoms with van der Waals surface area (Å²) in [5.41, 5.74) is 4.63. The Morgan fingerprint density at radius 1 is 1.10 bits per heavy atom. The molecule has 0 unspecified atom stereocenters. The highest BCUT2D eigenvalue weighted by molar-refractivity contribution is 6.14. The summed E-state index contributed by atoms with van der Waals surface area (Å²) < 4.78 is 14.9. The molecular formula is C24H20FN5O. The molecule has 0 radical (unpaired) electrons. The van der Waals surface area contributed by atoms with Crippen molar-refractivity contribution in [3.8, 4) is 6.07 Å². The molecular weight excluding hydrogens is 393 g/mol. The molecule has 31 heavy (non-hydrogen) atoms. The van der Waals surface area contributed by atoms with Crippen LogP contribution in [0.25, 0.3) is 10.9 Å². The largest absolute Gasteiger partial charge is 0.319 e. The Bertz CT molecular complexity index is 1350. The first-order valence-electron chi connectivity index (χ1n) is 9.78. The Hall–Kier alpha value is -4.05. The summed E-state index contributed by atoms with van der Waals surface area (Å²) in [4.78, 5) is 17.7. The molecule has 0 spiro atoms. The lowest BCUT2D eigenvalue weighted by Crippen LogP contribution is -2.16. The lowest BCUT2D eigenvalue weighted by molar-refractivity contribution is 0.102. The smallest absolute Gasteiger partial charge is 0.257 e. The van der Waals surface area contributed by atoms with E-state index in [1.54, 1.807) is 29.8 Å². The number of anilines is 1. The molecule has 0 atom stereocenters. The SMILES string of the molecule is Cc1nc2ccccc2c(C(=O)Nc2c(C)nn(Cc3ccc(F)cc3)c2C)c1C#N. The van der Waals surface area contributed by atoms with Crippen LogP contribution in [0, 0.1) is 37.9 Å². The Balaban J connectivity index is 1.71. The standard InChI is InChI=1S/C24H20FN5O/c1-14-20(12-26)22(19-6-4-5-7-21(19)27-14)24(31)28-23-15(2)29-30(16(23)3)13-17-8-10-18(25)11-9-17/h4-11H,13H2,1-3H3,(H,28,31). The van der Waals surface area contributed by atoms with Crippen molar-refractivity contribution in [2.24, 2.45) is 0 Å². The number of carbonyl (C=O) groups is 1. The predicted octanol–water partition coefficient (Wildman–Crippen LogP) is 4.67. The van der Waals surface area contributed by atoms with Gasteiger partial charge in [0.05, 0.1) is 46.0 Å². The first kappa shape index (κ1) is 20.2. The van der Waals surface area contributed by atoms with Crippen LogP contribution < -0.4 is 5.32 Å². The second-order valence-corrected chi connectivity index (χ2v) is 7.36. The van der Waals surface area contributed by atoms with Crippen LogP contribution in [0.2, 0.25) is 0 Å². The molecule has 2 heterocycles. The maximum Gasteiger partial charge on any atom is 0.257 e. The number of carbonyl (C=O) groups excluding carboxylic acids is 1. The minimum absolute atomic E-state index is 0.255. The summed E-state index contributed by atoms with van der Waals surface area (Å²) >= 11 is 0. The van der Waals surface area contributed by atoms with Crippen LogP contribution in [0.15, 0.2) is 48.5 Å². The van der Waals surface area contributed by atoms with Crippen molar-refractivity contribution < 1.29 is 9.18 Å². The van der Waals surface area contributed by atoms with E-state index >= 15 is 0 Å². The fraction of sp³-hybridized carbons (Fsp3) is 0.167. The second kappa shape index (κ2) is 8.00. The summed E-state index contributed by atoms with van der Waals surface area (Å²) in [7, 11) is 0. The number of hydrogen-bond donors (Lipinski definition) is 1. The number of nitrogens with one attached hydrogen (secondary N) is 1. The lowest BCUT2D eigenvalue weighted by atomic mass is 10.0. The van der Waals surface area contributed by atoms with Gasteiger partial charge in [-0.3, -0.25) is 14.5 Å². The maximum atomic E-state index is 13.3. The highest BCUT2D eigenvalue weighted by Gasteiger charge is 2.22. The number of nitriles is 1. The van der Waals surface area contributed by atoms with Crippen LogP contribution in [0.5, 0.6) is 0 Å². The van der Waals surface area contributed by atoms with E-state index in [9.17, 15) is 14.4 Å². The lowest BCUT2D eigenvalue weighted by Gasteiger charge is -2.12. The number of pyridine rings is 1. The van der Waals surface area contributed by atoms with Crippen LogP contribution in [0.3, 0.4) is 0 Å². The fourth-order valence-corrected chi connectivity index (χ4v) is 3.68. The molecule has 1 amide bonds. The topological polar surface area (TPSA) is 83.6 Å². The van der Waals surface area contributed by atoms with Crippen LogP contribution in [-0.2, 0) is 6.54 Å². The Morgan fingerprint density at radius 2 is 1.81 bits per heavy atom. The maximum absolute atomic E-state index is 13.3. The van der Waals surface area contributed by atoms with E-state index in [2.05, 4.69) is 21.5 Å². The van der Waals surface area contributed by atoms with Gasteiger partial charge in [-0.25, -0.2) is 4.39 Å². The normalized spacial score (nSPS) is 10.8. The van der Waals surface area contributed by atoms with E-state index in [0.717, 1.165) is 11.3 Å². The van der Waals surface area contributed by atoms with Gasteiger partial charge in [0.15, 0.2) is 0 Å².